The Morgan fingerprint density at radius 3 is 2.87 bits per heavy atom. The second-order valence-electron chi connectivity index (χ2n) is 7.81. The number of aliphatic hydroxyl groups excluding tert-OH is 1. The van der Waals surface area contributed by atoms with E-state index in [1.165, 1.54) is 10.7 Å². The standard InChI is InChI=1S/C23H22FN3O3/c24-18-7-3-4-8-19(18)27-13-15(12-25-27)22-17(9-10-30-22)23(29)26-21-16-6-2-1-5-14(16)11-20(21)28/h1-8,12-13,17,20-22,28H,9-11H2,(H,26,29)/t17-,20-,21+,22+/m0/s1. The summed E-state index contributed by atoms with van der Waals surface area (Å²) in [7, 11) is 0. The summed E-state index contributed by atoms with van der Waals surface area (Å²) < 4.78 is 21.4. The third-order valence-electron chi connectivity index (χ3n) is 5.96. The van der Waals surface area contributed by atoms with Gasteiger partial charge in [-0.2, -0.15) is 5.10 Å². The number of nitrogens with one attached hydrogen (secondary N) is 1. The Labute approximate surface area is 173 Å². The zero-order valence-electron chi connectivity index (χ0n) is 16.2. The number of fused-ring (bicyclic) bond motifs is 1. The highest BCUT2D eigenvalue weighted by atomic mass is 19.1. The highest BCUT2D eigenvalue weighted by molar-refractivity contribution is 5.80. The Morgan fingerprint density at radius 1 is 1.20 bits per heavy atom. The predicted octanol–water partition coefficient (Wildman–Crippen LogP) is 2.86. The molecule has 0 radical (unpaired) electrons. The number of nitrogens with zero attached hydrogens (tertiary/aromatic N) is 2. The number of halogens is 1. The van der Waals surface area contributed by atoms with E-state index in [1.807, 2.05) is 24.3 Å². The fourth-order valence-electron chi connectivity index (χ4n) is 4.45. The van der Waals surface area contributed by atoms with E-state index in [0.717, 1.165) is 16.7 Å². The molecule has 1 amide bonds. The number of para-hydroxylation sites is 1. The number of hydrogen-bond acceptors (Lipinski definition) is 4. The van der Waals surface area contributed by atoms with Gasteiger partial charge < -0.3 is 15.2 Å². The predicted molar refractivity (Wildman–Crippen MR) is 107 cm³/mol. The minimum Gasteiger partial charge on any atom is -0.390 e. The van der Waals surface area contributed by atoms with Crippen molar-refractivity contribution in [2.45, 2.75) is 31.1 Å². The summed E-state index contributed by atoms with van der Waals surface area (Å²) >= 11 is 0. The molecule has 2 aromatic carbocycles. The monoisotopic (exact) mass is 407 g/mol. The van der Waals surface area contributed by atoms with Crippen LogP contribution < -0.4 is 5.32 Å². The molecule has 3 aromatic rings. The van der Waals surface area contributed by atoms with Crippen molar-refractivity contribution >= 4 is 5.91 Å². The van der Waals surface area contributed by atoms with Crippen molar-refractivity contribution < 1.29 is 19.0 Å². The first-order chi connectivity index (χ1) is 14.6. The number of benzene rings is 2. The van der Waals surface area contributed by atoms with Gasteiger partial charge in [-0.15, -0.1) is 0 Å². The van der Waals surface area contributed by atoms with Gasteiger partial charge in [-0.05, 0) is 29.7 Å². The zero-order chi connectivity index (χ0) is 20.7. The molecule has 0 unspecified atom stereocenters. The van der Waals surface area contributed by atoms with E-state index in [9.17, 15) is 14.3 Å². The van der Waals surface area contributed by atoms with Crippen molar-refractivity contribution in [1.82, 2.24) is 15.1 Å². The first-order valence-electron chi connectivity index (χ1n) is 10.1. The summed E-state index contributed by atoms with van der Waals surface area (Å²) in [6.45, 7) is 0.456. The molecule has 2 aliphatic rings. The molecular weight excluding hydrogens is 385 g/mol. The van der Waals surface area contributed by atoms with Gasteiger partial charge in [0, 0.05) is 24.8 Å². The van der Waals surface area contributed by atoms with Gasteiger partial charge in [0.05, 0.1) is 30.4 Å². The summed E-state index contributed by atoms with van der Waals surface area (Å²) in [4.78, 5) is 13.1. The van der Waals surface area contributed by atoms with Crippen LogP contribution >= 0.6 is 0 Å². The highest BCUT2D eigenvalue weighted by Gasteiger charge is 2.39. The van der Waals surface area contributed by atoms with Crippen molar-refractivity contribution in [3.05, 3.63) is 83.4 Å². The molecule has 7 heteroatoms. The van der Waals surface area contributed by atoms with Crippen LogP contribution in [0.3, 0.4) is 0 Å². The molecule has 1 aliphatic heterocycles. The van der Waals surface area contributed by atoms with Crippen molar-refractivity contribution in [1.29, 1.82) is 0 Å². The van der Waals surface area contributed by atoms with Crippen LogP contribution in [-0.4, -0.2) is 33.5 Å². The Kier molecular flexibility index (Phi) is 4.84. The lowest BCUT2D eigenvalue weighted by atomic mass is 9.95. The van der Waals surface area contributed by atoms with E-state index >= 15 is 0 Å². The molecule has 4 atom stereocenters. The number of ether oxygens (including phenoxy) is 1. The van der Waals surface area contributed by atoms with Gasteiger partial charge in [-0.1, -0.05) is 36.4 Å². The molecule has 0 spiro atoms. The average Bonchev–Trinajstić information content (AvgIpc) is 3.47. The summed E-state index contributed by atoms with van der Waals surface area (Å²) in [6, 6.07) is 13.7. The molecule has 6 nitrogen and oxygen atoms in total. The van der Waals surface area contributed by atoms with Gasteiger partial charge in [0.15, 0.2) is 0 Å². The Balaban J connectivity index is 1.35. The lowest BCUT2D eigenvalue weighted by molar-refractivity contribution is -0.128. The van der Waals surface area contributed by atoms with Crippen LogP contribution in [0.15, 0.2) is 60.9 Å². The van der Waals surface area contributed by atoms with Crippen LogP contribution in [0.1, 0.15) is 35.3 Å². The number of hydrogen-bond donors (Lipinski definition) is 2. The molecule has 30 heavy (non-hydrogen) atoms. The van der Waals surface area contributed by atoms with Crippen LogP contribution in [0, 0.1) is 11.7 Å². The average molecular weight is 407 g/mol. The van der Waals surface area contributed by atoms with Crippen LogP contribution in [0.4, 0.5) is 4.39 Å². The number of carbonyl (C=O) groups excluding carboxylic acids is 1. The fraction of sp³-hybridized carbons (Fsp3) is 0.304. The van der Waals surface area contributed by atoms with E-state index in [0.29, 0.717) is 25.1 Å². The van der Waals surface area contributed by atoms with Crippen LogP contribution in [-0.2, 0) is 16.0 Å². The Hall–Kier alpha value is -3.03. The topological polar surface area (TPSA) is 76.4 Å². The maximum atomic E-state index is 14.1. The normalized spacial score (nSPS) is 25.3. The first-order valence-corrected chi connectivity index (χ1v) is 10.1. The molecule has 1 aliphatic carbocycles. The zero-order valence-corrected chi connectivity index (χ0v) is 16.2. The maximum absolute atomic E-state index is 14.1. The summed E-state index contributed by atoms with van der Waals surface area (Å²) in [5.41, 5.74) is 3.08. The van der Waals surface area contributed by atoms with Crippen LogP contribution in [0.25, 0.3) is 5.69 Å². The Bertz CT molecular complexity index is 1080. The van der Waals surface area contributed by atoms with Gasteiger partial charge in [-0.25, -0.2) is 9.07 Å². The molecule has 5 rings (SSSR count). The molecule has 1 fully saturated rings. The van der Waals surface area contributed by atoms with Crippen molar-refractivity contribution in [3.63, 3.8) is 0 Å². The second kappa shape index (κ2) is 7.66. The molecule has 0 bridgehead atoms. The van der Waals surface area contributed by atoms with Gasteiger partial charge in [-0.3, -0.25) is 4.79 Å². The molecule has 154 valence electrons. The first kappa shape index (κ1) is 19.0. The molecular formula is C23H22FN3O3. The SMILES string of the molecule is O=C(N[C@@H]1c2ccccc2C[C@@H]1O)[C@H]1CCO[C@@H]1c1cnn(-c2ccccc2F)c1. The molecule has 0 saturated carbocycles. The summed E-state index contributed by atoms with van der Waals surface area (Å²) in [5, 5.41) is 17.7. The Morgan fingerprint density at radius 2 is 2.00 bits per heavy atom. The second-order valence-corrected chi connectivity index (χ2v) is 7.81. The van der Waals surface area contributed by atoms with E-state index in [1.54, 1.807) is 30.6 Å². The largest absolute Gasteiger partial charge is 0.390 e. The molecule has 1 aromatic heterocycles. The lowest BCUT2D eigenvalue weighted by Gasteiger charge is -2.22. The number of carbonyl (C=O) groups is 1. The van der Waals surface area contributed by atoms with Gasteiger partial charge in [0.1, 0.15) is 11.5 Å². The van der Waals surface area contributed by atoms with Gasteiger partial charge in [0.25, 0.3) is 0 Å². The molecule has 2 heterocycles. The number of aromatic nitrogens is 2. The number of rotatable bonds is 4. The van der Waals surface area contributed by atoms with Crippen molar-refractivity contribution in [2.75, 3.05) is 6.61 Å². The summed E-state index contributed by atoms with van der Waals surface area (Å²) in [6.07, 6.45) is 3.32. The quantitative estimate of drug-likeness (QED) is 0.697. The minimum absolute atomic E-state index is 0.156. The van der Waals surface area contributed by atoms with Crippen molar-refractivity contribution in [2.24, 2.45) is 5.92 Å². The maximum Gasteiger partial charge on any atom is 0.226 e. The molecule has 2 N–H and O–H groups in total. The van der Waals surface area contributed by atoms with Gasteiger partial charge in [0.2, 0.25) is 5.91 Å². The van der Waals surface area contributed by atoms with Gasteiger partial charge >= 0.3 is 0 Å². The summed E-state index contributed by atoms with van der Waals surface area (Å²) in [5.74, 6) is -0.928. The smallest absolute Gasteiger partial charge is 0.226 e. The molecule has 1 saturated heterocycles. The van der Waals surface area contributed by atoms with Crippen LogP contribution in [0.2, 0.25) is 0 Å². The highest BCUT2D eigenvalue weighted by Crippen LogP contribution is 2.37. The number of aliphatic hydroxyl groups is 1. The third-order valence-corrected chi connectivity index (χ3v) is 5.96. The van der Waals surface area contributed by atoms with E-state index < -0.39 is 24.2 Å². The lowest BCUT2D eigenvalue weighted by Crippen LogP contribution is -2.38. The third kappa shape index (κ3) is 3.30. The number of amides is 1. The van der Waals surface area contributed by atoms with E-state index in [-0.39, 0.29) is 11.7 Å². The van der Waals surface area contributed by atoms with E-state index in [2.05, 4.69) is 10.4 Å². The van der Waals surface area contributed by atoms with Crippen molar-refractivity contribution in [3.8, 4) is 5.69 Å². The minimum atomic E-state index is -0.643. The fourth-order valence-corrected chi connectivity index (χ4v) is 4.45. The van der Waals surface area contributed by atoms with Crippen LogP contribution in [0.5, 0.6) is 0 Å². The van der Waals surface area contributed by atoms with E-state index in [4.69, 9.17) is 4.74 Å².